The van der Waals surface area contributed by atoms with Crippen molar-refractivity contribution < 1.29 is 23.7 Å². The Morgan fingerprint density at radius 2 is 1.62 bits per heavy atom. The van der Waals surface area contributed by atoms with Gasteiger partial charge in [0.05, 0.1) is 33.5 Å². The Balaban J connectivity index is 2.17. The normalized spacial score (nSPS) is 21.0. The number of morpholine rings is 1. The molecule has 1 saturated heterocycles. The van der Waals surface area contributed by atoms with Gasteiger partial charge in [-0.1, -0.05) is 0 Å². The summed E-state index contributed by atoms with van der Waals surface area (Å²) in [6.07, 6.45) is 3.41. The molecule has 0 bridgehead atoms. The van der Waals surface area contributed by atoms with Gasteiger partial charge >= 0.3 is 0 Å². The number of amides is 1. The van der Waals surface area contributed by atoms with Crippen molar-refractivity contribution in [3.63, 3.8) is 0 Å². The lowest BCUT2D eigenvalue weighted by molar-refractivity contribution is -0.137. The fourth-order valence-corrected chi connectivity index (χ4v) is 2.83. The number of hydrogen-bond acceptors (Lipinski definition) is 5. The van der Waals surface area contributed by atoms with E-state index in [0.29, 0.717) is 30.3 Å². The second kappa shape index (κ2) is 8.06. The molecular formula is C18H25NO5. The van der Waals surface area contributed by atoms with Crippen LogP contribution in [-0.2, 0) is 9.53 Å². The fraction of sp³-hybridized carbons (Fsp3) is 0.500. The summed E-state index contributed by atoms with van der Waals surface area (Å²) in [5, 5.41) is 0. The average Bonchev–Trinajstić information content (AvgIpc) is 2.57. The summed E-state index contributed by atoms with van der Waals surface area (Å²) >= 11 is 0. The van der Waals surface area contributed by atoms with Crippen LogP contribution in [0.25, 0.3) is 6.08 Å². The first-order valence-corrected chi connectivity index (χ1v) is 7.91. The molecule has 2 atom stereocenters. The molecule has 0 aliphatic carbocycles. The van der Waals surface area contributed by atoms with Gasteiger partial charge < -0.3 is 23.8 Å². The zero-order valence-corrected chi connectivity index (χ0v) is 14.9. The van der Waals surface area contributed by atoms with Crippen molar-refractivity contribution in [3.8, 4) is 17.2 Å². The topological polar surface area (TPSA) is 57.2 Å². The molecule has 0 radical (unpaired) electrons. The van der Waals surface area contributed by atoms with E-state index in [-0.39, 0.29) is 18.1 Å². The van der Waals surface area contributed by atoms with Crippen LogP contribution in [0.2, 0.25) is 0 Å². The van der Waals surface area contributed by atoms with E-state index in [0.717, 1.165) is 5.56 Å². The largest absolute Gasteiger partial charge is 0.493 e. The van der Waals surface area contributed by atoms with Gasteiger partial charge in [0.1, 0.15) is 0 Å². The Morgan fingerprint density at radius 3 is 2.08 bits per heavy atom. The van der Waals surface area contributed by atoms with Gasteiger partial charge in [-0.05, 0) is 37.6 Å². The number of benzene rings is 1. The molecular weight excluding hydrogens is 310 g/mol. The summed E-state index contributed by atoms with van der Waals surface area (Å²) in [6.45, 7) is 5.14. The maximum atomic E-state index is 12.4. The predicted molar refractivity (Wildman–Crippen MR) is 91.7 cm³/mol. The maximum absolute atomic E-state index is 12.4. The standard InChI is InChI=1S/C18H25NO5/c1-12-10-19(11-13(2)24-12)17(20)7-6-14-8-15(21-3)18(23-5)16(9-14)22-4/h6-9,12-13H,10-11H2,1-5H3/b7-6-/t12-,13-/m0/s1. The molecule has 1 amide bonds. The minimum atomic E-state index is -0.0363. The molecule has 24 heavy (non-hydrogen) atoms. The molecule has 0 N–H and O–H groups in total. The summed E-state index contributed by atoms with van der Waals surface area (Å²) < 4.78 is 21.6. The molecule has 1 aromatic carbocycles. The van der Waals surface area contributed by atoms with Crippen molar-refractivity contribution >= 4 is 12.0 Å². The molecule has 0 unspecified atom stereocenters. The zero-order chi connectivity index (χ0) is 17.7. The highest BCUT2D eigenvalue weighted by atomic mass is 16.5. The number of rotatable bonds is 5. The van der Waals surface area contributed by atoms with Crippen molar-refractivity contribution in [2.24, 2.45) is 0 Å². The number of ether oxygens (including phenoxy) is 4. The highest BCUT2D eigenvalue weighted by Gasteiger charge is 2.24. The van der Waals surface area contributed by atoms with E-state index in [4.69, 9.17) is 18.9 Å². The highest BCUT2D eigenvalue weighted by Crippen LogP contribution is 2.38. The third-order valence-electron chi connectivity index (χ3n) is 3.84. The smallest absolute Gasteiger partial charge is 0.246 e. The van der Waals surface area contributed by atoms with Crippen LogP contribution >= 0.6 is 0 Å². The Bertz CT molecular complexity index is 578. The predicted octanol–water partition coefficient (Wildman–Crippen LogP) is 2.36. The molecule has 0 aromatic heterocycles. The van der Waals surface area contributed by atoms with E-state index in [1.807, 2.05) is 13.8 Å². The van der Waals surface area contributed by atoms with Crippen LogP contribution in [0.4, 0.5) is 0 Å². The lowest BCUT2D eigenvalue weighted by Gasteiger charge is -2.34. The van der Waals surface area contributed by atoms with Crippen molar-refractivity contribution in [2.45, 2.75) is 26.1 Å². The molecule has 2 rings (SSSR count). The highest BCUT2D eigenvalue weighted by molar-refractivity contribution is 5.92. The van der Waals surface area contributed by atoms with Crippen LogP contribution in [0.1, 0.15) is 19.4 Å². The van der Waals surface area contributed by atoms with Crippen LogP contribution in [0, 0.1) is 0 Å². The Labute approximate surface area is 142 Å². The Kier molecular flexibility index (Phi) is 6.09. The number of carbonyl (C=O) groups excluding carboxylic acids is 1. The first-order valence-electron chi connectivity index (χ1n) is 7.91. The summed E-state index contributed by atoms with van der Waals surface area (Å²) in [4.78, 5) is 14.2. The number of hydrogen-bond donors (Lipinski definition) is 0. The summed E-state index contributed by atoms with van der Waals surface area (Å²) in [7, 11) is 4.68. The Hall–Kier alpha value is -2.21. The molecule has 132 valence electrons. The quantitative estimate of drug-likeness (QED) is 0.773. The summed E-state index contributed by atoms with van der Waals surface area (Å²) in [5.74, 6) is 1.60. The molecule has 1 aromatic rings. The molecule has 0 saturated carbocycles. The van der Waals surface area contributed by atoms with E-state index >= 15 is 0 Å². The van der Waals surface area contributed by atoms with Gasteiger partial charge in [-0.2, -0.15) is 0 Å². The molecule has 6 heteroatoms. The van der Waals surface area contributed by atoms with Crippen LogP contribution in [0.5, 0.6) is 17.2 Å². The molecule has 0 spiro atoms. The second-order valence-corrected chi connectivity index (χ2v) is 5.79. The van der Waals surface area contributed by atoms with E-state index in [1.54, 1.807) is 50.5 Å². The van der Waals surface area contributed by atoms with Crippen LogP contribution in [0.15, 0.2) is 18.2 Å². The van der Waals surface area contributed by atoms with E-state index < -0.39 is 0 Å². The molecule has 1 fully saturated rings. The molecule has 1 heterocycles. The van der Waals surface area contributed by atoms with Crippen molar-refractivity contribution in [2.75, 3.05) is 34.4 Å². The van der Waals surface area contributed by atoms with Crippen molar-refractivity contribution in [3.05, 3.63) is 23.8 Å². The van der Waals surface area contributed by atoms with Gasteiger partial charge in [0.15, 0.2) is 11.5 Å². The second-order valence-electron chi connectivity index (χ2n) is 5.79. The van der Waals surface area contributed by atoms with Gasteiger partial charge in [0, 0.05) is 19.2 Å². The van der Waals surface area contributed by atoms with Crippen LogP contribution in [0.3, 0.4) is 0 Å². The molecule has 1 aliphatic heterocycles. The average molecular weight is 335 g/mol. The van der Waals surface area contributed by atoms with Gasteiger partial charge in [0.25, 0.3) is 0 Å². The molecule has 1 aliphatic rings. The van der Waals surface area contributed by atoms with Crippen LogP contribution in [-0.4, -0.2) is 57.4 Å². The minimum absolute atomic E-state index is 0.0363. The van der Waals surface area contributed by atoms with Crippen LogP contribution < -0.4 is 14.2 Å². The number of methoxy groups -OCH3 is 3. The summed E-state index contributed by atoms with van der Waals surface area (Å²) in [5.41, 5.74) is 0.798. The molecule has 6 nitrogen and oxygen atoms in total. The number of nitrogens with zero attached hydrogens (tertiary/aromatic N) is 1. The van der Waals surface area contributed by atoms with E-state index in [9.17, 15) is 4.79 Å². The van der Waals surface area contributed by atoms with Gasteiger partial charge in [0.2, 0.25) is 11.7 Å². The van der Waals surface area contributed by atoms with Crippen molar-refractivity contribution in [1.82, 2.24) is 4.90 Å². The lowest BCUT2D eigenvalue weighted by atomic mass is 10.1. The number of carbonyl (C=O) groups is 1. The summed E-state index contributed by atoms with van der Waals surface area (Å²) in [6, 6.07) is 3.60. The minimum Gasteiger partial charge on any atom is -0.493 e. The Morgan fingerprint density at radius 1 is 1.08 bits per heavy atom. The maximum Gasteiger partial charge on any atom is 0.246 e. The first kappa shape index (κ1) is 18.1. The van der Waals surface area contributed by atoms with Gasteiger partial charge in [-0.15, -0.1) is 0 Å². The third kappa shape index (κ3) is 4.20. The monoisotopic (exact) mass is 335 g/mol. The van der Waals surface area contributed by atoms with Gasteiger partial charge in [-0.25, -0.2) is 0 Å². The SMILES string of the molecule is COc1cc(/C=C\C(=O)N2C[C@H](C)O[C@@H](C)C2)cc(OC)c1OC. The van der Waals surface area contributed by atoms with Crippen molar-refractivity contribution in [1.29, 1.82) is 0 Å². The zero-order valence-electron chi connectivity index (χ0n) is 14.9. The van der Waals surface area contributed by atoms with Gasteiger partial charge in [-0.3, -0.25) is 4.79 Å². The third-order valence-corrected chi connectivity index (χ3v) is 3.84. The fourth-order valence-electron chi connectivity index (χ4n) is 2.83. The lowest BCUT2D eigenvalue weighted by Crippen LogP contribution is -2.47. The van der Waals surface area contributed by atoms with E-state index in [1.165, 1.54) is 0 Å². The van der Waals surface area contributed by atoms with E-state index in [2.05, 4.69) is 0 Å². The first-order chi connectivity index (χ1) is 11.5.